The molecule has 0 aromatic heterocycles. The van der Waals surface area contributed by atoms with Gasteiger partial charge in [0.2, 0.25) is 12.2 Å². The van der Waals surface area contributed by atoms with Crippen LogP contribution in [0.25, 0.3) is 0 Å². The first kappa shape index (κ1) is 32.8. The molecule has 0 radical (unpaired) electrons. The Kier molecular flexibility index (Phi) is 10.8. The van der Waals surface area contributed by atoms with Gasteiger partial charge in [-0.1, -0.05) is 0 Å². The predicted molar refractivity (Wildman–Crippen MR) is 132 cm³/mol. The minimum Gasteiger partial charge on any atom is -0.497 e. The Morgan fingerprint density at radius 2 is 1.73 bits per heavy atom. The second kappa shape index (κ2) is 13.5. The maximum atomic E-state index is 16.6. The molecule has 15 nitrogen and oxygen atoms in total. The molecule has 0 spiro atoms. The zero-order chi connectivity index (χ0) is 30.6. The average Bonchev–Trinajstić information content (AvgIpc) is 2.94. The van der Waals surface area contributed by atoms with Gasteiger partial charge in [-0.15, -0.1) is 0 Å². The number of rotatable bonds is 11. The van der Waals surface area contributed by atoms with E-state index in [0.717, 1.165) is 6.92 Å². The molecule has 1 aromatic carbocycles. The Labute approximate surface area is 233 Å². The summed E-state index contributed by atoms with van der Waals surface area (Å²) in [4.78, 5) is 24.3. The van der Waals surface area contributed by atoms with Crippen LogP contribution in [0.15, 0.2) is 24.3 Å². The van der Waals surface area contributed by atoms with Gasteiger partial charge in [0, 0.05) is 13.3 Å². The molecule has 2 heterocycles. The van der Waals surface area contributed by atoms with Crippen LogP contribution >= 0.6 is 0 Å². The summed E-state index contributed by atoms with van der Waals surface area (Å²) in [6.45, 7) is -0.886. The summed E-state index contributed by atoms with van der Waals surface area (Å²) >= 11 is 0. The van der Waals surface area contributed by atoms with Crippen LogP contribution in [0.2, 0.25) is 0 Å². The molecular formula is C25H36FNO14. The Balaban J connectivity index is 2.00. The maximum absolute atomic E-state index is 16.6. The number of carbonyl (C=O) groups excluding carboxylic acids is 1. The number of aliphatic hydroxyl groups excluding tert-OH is 7. The SMILES string of the molecule is COc1ccc(O[C@@H]2O[C@H](CO)[C@H](O)[C@H]([C@H](F)[C@]3(C(=O)O)C[C@H](O)[C@@H](NC(C)=O)[C@H]([C@H](O)[C@H](O)CO)O3)[C@H]2O)cc1. The zero-order valence-corrected chi connectivity index (χ0v) is 22.2. The molecule has 1 aromatic rings. The highest BCUT2D eigenvalue weighted by molar-refractivity contribution is 5.79. The number of ether oxygens (including phenoxy) is 4. The summed E-state index contributed by atoms with van der Waals surface area (Å²) in [7, 11) is 1.43. The average molecular weight is 594 g/mol. The number of carboxylic acids is 1. The van der Waals surface area contributed by atoms with Gasteiger partial charge < -0.3 is 65.1 Å². The van der Waals surface area contributed by atoms with E-state index < -0.39 is 104 Å². The first-order chi connectivity index (χ1) is 19.3. The van der Waals surface area contributed by atoms with Gasteiger partial charge in [0.15, 0.2) is 5.60 Å². The minimum absolute atomic E-state index is 0.105. The summed E-state index contributed by atoms with van der Waals surface area (Å²) in [5.74, 6) is -4.25. The fourth-order valence-corrected chi connectivity index (χ4v) is 5.13. The number of aliphatic hydroxyl groups is 7. The van der Waals surface area contributed by atoms with E-state index in [9.17, 15) is 50.4 Å². The summed E-state index contributed by atoms with van der Waals surface area (Å²) in [5.41, 5.74) is -3.08. The van der Waals surface area contributed by atoms with Crippen molar-refractivity contribution < 1.29 is 73.8 Å². The summed E-state index contributed by atoms with van der Waals surface area (Å²) < 4.78 is 38.1. The summed E-state index contributed by atoms with van der Waals surface area (Å²) in [6.07, 6.45) is -19.2. The normalized spacial score (nSPS) is 36.0. The number of hydrogen-bond acceptors (Lipinski definition) is 13. The van der Waals surface area contributed by atoms with Crippen LogP contribution in [0, 0.1) is 5.92 Å². The fraction of sp³-hybridized carbons (Fsp3) is 0.680. The number of nitrogens with one attached hydrogen (secondary N) is 1. The third-order valence-corrected chi connectivity index (χ3v) is 7.31. The lowest BCUT2D eigenvalue weighted by Crippen LogP contribution is -2.72. The van der Waals surface area contributed by atoms with Crippen molar-refractivity contribution in [1.29, 1.82) is 0 Å². The van der Waals surface area contributed by atoms with Crippen LogP contribution in [0.5, 0.6) is 11.5 Å². The van der Waals surface area contributed by atoms with Gasteiger partial charge in [-0.2, -0.15) is 0 Å². The molecule has 232 valence electrons. The van der Waals surface area contributed by atoms with Crippen molar-refractivity contribution >= 4 is 11.9 Å². The number of carboxylic acid groups (broad SMARTS) is 1. The van der Waals surface area contributed by atoms with E-state index in [1.165, 1.54) is 31.4 Å². The molecule has 12 atom stereocenters. The van der Waals surface area contributed by atoms with Gasteiger partial charge >= 0.3 is 5.97 Å². The molecule has 9 N–H and O–H groups in total. The van der Waals surface area contributed by atoms with Crippen LogP contribution in [0.3, 0.4) is 0 Å². The van der Waals surface area contributed by atoms with Gasteiger partial charge in [0.25, 0.3) is 0 Å². The molecular weight excluding hydrogens is 557 g/mol. The minimum atomic E-state index is -3.08. The number of halogens is 1. The van der Waals surface area contributed by atoms with Crippen molar-refractivity contribution in [1.82, 2.24) is 5.32 Å². The highest BCUT2D eigenvalue weighted by Gasteiger charge is 2.64. The van der Waals surface area contributed by atoms with Crippen molar-refractivity contribution in [3.05, 3.63) is 24.3 Å². The Morgan fingerprint density at radius 3 is 2.24 bits per heavy atom. The lowest BCUT2D eigenvalue weighted by atomic mass is 9.73. The van der Waals surface area contributed by atoms with Crippen molar-refractivity contribution in [2.24, 2.45) is 5.92 Å². The zero-order valence-electron chi connectivity index (χ0n) is 22.2. The fourth-order valence-electron chi connectivity index (χ4n) is 5.13. The maximum Gasteiger partial charge on any atom is 0.339 e. The molecule has 2 aliphatic rings. The van der Waals surface area contributed by atoms with E-state index in [4.69, 9.17) is 18.9 Å². The number of methoxy groups -OCH3 is 1. The summed E-state index contributed by atoms with van der Waals surface area (Å²) in [5, 5.41) is 84.8. The molecule has 2 fully saturated rings. The van der Waals surface area contributed by atoms with Crippen LogP contribution in [-0.2, 0) is 19.1 Å². The number of alkyl halides is 1. The van der Waals surface area contributed by atoms with E-state index in [0.29, 0.717) is 5.75 Å². The van der Waals surface area contributed by atoms with Gasteiger partial charge in [-0.3, -0.25) is 4.79 Å². The van der Waals surface area contributed by atoms with E-state index >= 15 is 4.39 Å². The lowest BCUT2D eigenvalue weighted by Gasteiger charge is -2.51. The standard InChI is InChI=1S/C25H36FNO14/c1-10(30)27-17-13(31)7-25(24(36)37,41-21(17)18(33)14(32)8-28)22(26)16-19(34)15(9-29)40-23(20(16)35)39-12-5-3-11(38-2)4-6-12/h3-6,13-23,28-29,31-35H,7-9H2,1-2H3,(H,27,30)(H,36,37)/t13-,14+,15+,16-,17+,18+,19-,20+,21+,22-,23+,25-/m0/s1. The van der Waals surface area contributed by atoms with Gasteiger partial charge in [-0.05, 0) is 24.3 Å². The van der Waals surface area contributed by atoms with Crippen molar-refractivity contribution in [3.8, 4) is 11.5 Å². The van der Waals surface area contributed by atoms with Crippen LogP contribution in [0.4, 0.5) is 4.39 Å². The molecule has 0 saturated carbocycles. The van der Waals surface area contributed by atoms with E-state index in [2.05, 4.69) is 5.32 Å². The molecule has 2 aliphatic heterocycles. The summed E-state index contributed by atoms with van der Waals surface area (Å²) in [6, 6.07) is 4.31. The molecule has 41 heavy (non-hydrogen) atoms. The molecule has 0 bridgehead atoms. The van der Waals surface area contributed by atoms with Crippen LogP contribution in [0.1, 0.15) is 13.3 Å². The van der Waals surface area contributed by atoms with E-state index in [1.54, 1.807) is 0 Å². The second-order valence-electron chi connectivity index (χ2n) is 9.99. The number of benzene rings is 1. The highest BCUT2D eigenvalue weighted by atomic mass is 19.1. The van der Waals surface area contributed by atoms with Crippen LogP contribution < -0.4 is 14.8 Å². The molecule has 1 amide bonds. The number of carbonyl (C=O) groups is 2. The molecule has 0 aliphatic carbocycles. The van der Waals surface area contributed by atoms with E-state index in [-0.39, 0.29) is 5.75 Å². The third kappa shape index (κ3) is 6.71. The van der Waals surface area contributed by atoms with Crippen molar-refractivity contribution in [2.75, 3.05) is 20.3 Å². The van der Waals surface area contributed by atoms with Crippen molar-refractivity contribution in [2.45, 2.75) is 80.2 Å². The van der Waals surface area contributed by atoms with Gasteiger partial charge in [0.05, 0.1) is 44.5 Å². The molecule has 3 rings (SSSR count). The second-order valence-corrected chi connectivity index (χ2v) is 9.99. The number of amides is 1. The monoisotopic (exact) mass is 593 g/mol. The smallest absolute Gasteiger partial charge is 0.339 e. The van der Waals surface area contributed by atoms with Gasteiger partial charge in [-0.25, -0.2) is 9.18 Å². The topological polar surface area (TPSA) is 245 Å². The largest absolute Gasteiger partial charge is 0.497 e. The lowest BCUT2D eigenvalue weighted by molar-refractivity contribution is -0.296. The molecule has 0 unspecified atom stereocenters. The quantitative estimate of drug-likeness (QED) is 0.122. The van der Waals surface area contributed by atoms with Crippen LogP contribution in [-0.4, -0.2) is 140 Å². The Morgan fingerprint density at radius 1 is 1.12 bits per heavy atom. The third-order valence-electron chi connectivity index (χ3n) is 7.31. The molecule has 16 heteroatoms. The Hall–Kier alpha value is -2.67. The Bertz CT molecular complexity index is 1030. The first-order valence-electron chi connectivity index (χ1n) is 12.7. The number of aliphatic carboxylic acids is 1. The van der Waals surface area contributed by atoms with Gasteiger partial charge in [0.1, 0.15) is 48.2 Å². The highest BCUT2D eigenvalue weighted by Crippen LogP contribution is 2.43. The van der Waals surface area contributed by atoms with Crippen molar-refractivity contribution in [3.63, 3.8) is 0 Å². The predicted octanol–water partition coefficient (Wildman–Crippen LogP) is -3.34. The number of hydrogen-bond donors (Lipinski definition) is 9. The molecule has 2 saturated heterocycles. The first-order valence-corrected chi connectivity index (χ1v) is 12.7. The van der Waals surface area contributed by atoms with E-state index in [1.807, 2.05) is 0 Å².